The Bertz CT molecular complexity index is 393. The van der Waals surface area contributed by atoms with Crippen LogP contribution in [0.2, 0.25) is 0 Å². The molecular formula is C15H28N4O. The molecule has 0 atom stereocenters. The van der Waals surface area contributed by atoms with E-state index < -0.39 is 0 Å². The molecule has 0 radical (unpaired) electrons. The van der Waals surface area contributed by atoms with Crippen LogP contribution < -0.4 is 5.32 Å². The molecule has 0 saturated carbocycles. The van der Waals surface area contributed by atoms with Gasteiger partial charge < -0.3 is 10.4 Å². The number of hydrogen-bond donors (Lipinski definition) is 2. The highest BCUT2D eigenvalue weighted by Crippen LogP contribution is 2.13. The Kier molecular flexibility index (Phi) is 7.47. The minimum atomic E-state index is 0.169. The van der Waals surface area contributed by atoms with Gasteiger partial charge in [-0.25, -0.2) is 9.97 Å². The number of nitrogens with zero attached hydrogens (tertiary/aromatic N) is 3. The van der Waals surface area contributed by atoms with Crippen molar-refractivity contribution in [3.8, 4) is 0 Å². The van der Waals surface area contributed by atoms with E-state index in [2.05, 4.69) is 41.0 Å². The third kappa shape index (κ3) is 5.06. The number of nitrogens with one attached hydrogen (secondary N) is 1. The SMILES string of the molecule is CCNc1cc(C)nc(CN(CCO)C(CC)CC)n1. The van der Waals surface area contributed by atoms with Gasteiger partial charge in [-0.15, -0.1) is 0 Å². The van der Waals surface area contributed by atoms with E-state index in [4.69, 9.17) is 0 Å². The zero-order valence-corrected chi connectivity index (χ0v) is 13.2. The average Bonchev–Trinajstić information content (AvgIpc) is 2.40. The van der Waals surface area contributed by atoms with E-state index in [1.54, 1.807) is 0 Å². The summed E-state index contributed by atoms with van der Waals surface area (Å²) >= 11 is 0. The molecule has 0 aliphatic carbocycles. The van der Waals surface area contributed by atoms with Crippen molar-refractivity contribution in [3.05, 3.63) is 17.6 Å². The minimum absolute atomic E-state index is 0.169. The van der Waals surface area contributed by atoms with Crippen molar-refractivity contribution >= 4 is 5.82 Å². The van der Waals surface area contributed by atoms with Gasteiger partial charge >= 0.3 is 0 Å². The van der Waals surface area contributed by atoms with Crippen molar-refractivity contribution in [1.29, 1.82) is 0 Å². The molecule has 1 aromatic rings. The van der Waals surface area contributed by atoms with E-state index >= 15 is 0 Å². The Hall–Kier alpha value is -1.20. The third-order valence-corrected chi connectivity index (χ3v) is 3.45. The molecule has 1 heterocycles. The van der Waals surface area contributed by atoms with Crippen LogP contribution in [-0.2, 0) is 6.54 Å². The van der Waals surface area contributed by atoms with Gasteiger partial charge in [-0.2, -0.15) is 0 Å². The van der Waals surface area contributed by atoms with Crippen molar-refractivity contribution in [2.45, 2.75) is 53.1 Å². The molecule has 0 bridgehead atoms. The number of aryl methyl sites for hydroxylation is 1. The summed E-state index contributed by atoms with van der Waals surface area (Å²) in [6.45, 7) is 10.8. The summed E-state index contributed by atoms with van der Waals surface area (Å²) in [5.74, 6) is 1.70. The van der Waals surface area contributed by atoms with E-state index in [0.717, 1.165) is 36.7 Å². The summed E-state index contributed by atoms with van der Waals surface area (Å²) in [5, 5.41) is 12.5. The Morgan fingerprint density at radius 2 is 1.95 bits per heavy atom. The molecule has 0 fully saturated rings. The number of aliphatic hydroxyl groups is 1. The van der Waals surface area contributed by atoms with Gasteiger partial charge in [-0.3, -0.25) is 4.90 Å². The molecule has 5 heteroatoms. The van der Waals surface area contributed by atoms with Gasteiger partial charge in [0.05, 0.1) is 13.2 Å². The zero-order chi connectivity index (χ0) is 15.0. The van der Waals surface area contributed by atoms with Gasteiger partial charge in [-0.1, -0.05) is 13.8 Å². The van der Waals surface area contributed by atoms with Crippen LogP contribution >= 0.6 is 0 Å². The molecule has 0 aliphatic heterocycles. The van der Waals surface area contributed by atoms with Crippen LogP contribution in [0.1, 0.15) is 45.1 Å². The highest BCUT2D eigenvalue weighted by Gasteiger charge is 2.16. The van der Waals surface area contributed by atoms with Gasteiger partial charge in [0.2, 0.25) is 0 Å². The first-order valence-electron chi connectivity index (χ1n) is 7.57. The molecular weight excluding hydrogens is 252 g/mol. The van der Waals surface area contributed by atoms with Gasteiger partial charge in [0.25, 0.3) is 0 Å². The topological polar surface area (TPSA) is 61.3 Å². The Labute approximate surface area is 122 Å². The van der Waals surface area contributed by atoms with E-state index in [-0.39, 0.29) is 6.61 Å². The summed E-state index contributed by atoms with van der Waals surface area (Å²) in [5.41, 5.74) is 0.972. The summed E-state index contributed by atoms with van der Waals surface area (Å²) in [6, 6.07) is 2.43. The summed E-state index contributed by atoms with van der Waals surface area (Å²) in [6.07, 6.45) is 2.14. The fraction of sp³-hybridized carbons (Fsp3) is 0.733. The summed E-state index contributed by atoms with van der Waals surface area (Å²) < 4.78 is 0. The number of aromatic nitrogens is 2. The van der Waals surface area contributed by atoms with Gasteiger partial charge in [-0.05, 0) is 26.7 Å². The normalized spacial score (nSPS) is 11.3. The summed E-state index contributed by atoms with van der Waals surface area (Å²) in [4.78, 5) is 11.3. The lowest BCUT2D eigenvalue weighted by atomic mass is 10.1. The molecule has 2 N–H and O–H groups in total. The molecule has 5 nitrogen and oxygen atoms in total. The van der Waals surface area contributed by atoms with E-state index in [1.807, 2.05) is 13.0 Å². The highest BCUT2D eigenvalue weighted by molar-refractivity contribution is 5.35. The monoisotopic (exact) mass is 280 g/mol. The molecule has 0 saturated heterocycles. The second kappa shape index (κ2) is 8.87. The molecule has 0 amide bonds. The smallest absolute Gasteiger partial charge is 0.144 e. The van der Waals surface area contributed by atoms with Gasteiger partial charge in [0.15, 0.2) is 0 Å². The molecule has 20 heavy (non-hydrogen) atoms. The number of anilines is 1. The van der Waals surface area contributed by atoms with Crippen LogP contribution in [0.4, 0.5) is 5.82 Å². The Morgan fingerprint density at radius 3 is 2.50 bits per heavy atom. The molecule has 0 spiro atoms. The molecule has 1 rings (SSSR count). The van der Waals surface area contributed by atoms with Crippen LogP contribution in [-0.4, -0.2) is 45.7 Å². The van der Waals surface area contributed by atoms with Crippen LogP contribution in [0.15, 0.2) is 6.07 Å². The highest BCUT2D eigenvalue weighted by atomic mass is 16.3. The van der Waals surface area contributed by atoms with Crippen LogP contribution in [0.3, 0.4) is 0 Å². The number of rotatable bonds is 9. The predicted molar refractivity (Wildman–Crippen MR) is 82.8 cm³/mol. The van der Waals surface area contributed by atoms with Gasteiger partial charge in [0, 0.05) is 30.9 Å². The lowest BCUT2D eigenvalue weighted by Crippen LogP contribution is -2.36. The fourth-order valence-electron chi connectivity index (χ4n) is 2.48. The predicted octanol–water partition coefficient (Wildman–Crippen LogP) is 2.20. The lowest BCUT2D eigenvalue weighted by molar-refractivity contribution is 0.133. The number of aliphatic hydroxyl groups excluding tert-OH is 1. The largest absolute Gasteiger partial charge is 0.395 e. The molecule has 0 aromatic carbocycles. The Balaban J connectivity index is 2.86. The maximum Gasteiger partial charge on any atom is 0.144 e. The third-order valence-electron chi connectivity index (χ3n) is 3.45. The van der Waals surface area contributed by atoms with Crippen molar-refractivity contribution in [1.82, 2.24) is 14.9 Å². The van der Waals surface area contributed by atoms with Crippen molar-refractivity contribution < 1.29 is 5.11 Å². The molecule has 1 aromatic heterocycles. The van der Waals surface area contributed by atoms with Crippen molar-refractivity contribution in [3.63, 3.8) is 0 Å². The maximum absolute atomic E-state index is 9.25. The van der Waals surface area contributed by atoms with E-state index in [0.29, 0.717) is 19.1 Å². The number of hydrogen-bond acceptors (Lipinski definition) is 5. The molecule has 0 unspecified atom stereocenters. The second-order valence-electron chi connectivity index (χ2n) is 5.01. The first-order chi connectivity index (χ1) is 9.64. The van der Waals surface area contributed by atoms with Gasteiger partial charge in [0.1, 0.15) is 11.6 Å². The van der Waals surface area contributed by atoms with E-state index in [1.165, 1.54) is 0 Å². The van der Waals surface area contributed by atoms with Crippen LogP contribution in [0, 0.1) is 6.92 Å². The van der Waals surface area contributed by atoms with E-state index in [9.17, 15) is 5.11 Å². The van der Waals surface area contributed by atoms with Crippen LogP contribution in [0.25, 0.3) is 0 Å². The second-order valence-corrected chi connectivity index (χ2v) is 5.01. The average molecular weight is 280 g/mol. The van der Waals surface area contributed by atoms with Crippen molar-refractivity contribution in [2.24, 2.45) is 0 Å². The lowest BCUT2D eigenvalue weighted by Gasteiger charge is -2.29. The Morgan fingerprint density at radius 1 is 1.25 bits per heavy atom. The molecule has 114 valence electrons. The minimum Gasteiger partial charge on any atom is -0.395 e. The first kappa shape index (κ1) is 16.9. The first-order valence-corrected chi connectivity index (χ1v) is 7.57. The standard InChI is InChI=1S/C15H28N4O/c1-5-13(6-2)19(8-9-20)11-15-17-12(4)10-14(18-15)16-7-3/h10,13,20H,5-9,11H2,1-4H3,(H,16,17,18). The molecule has 0 aliphatic rings. The fourth-order valence-corrected chi connectivity index (χ4v) is 2.48. The van der Waals surface area contributed by atoms with Crippen LogP contribution in [0.5, 0.6) is 0 Å². The quantitative estimate of drug-likeness (QED) is 0.726. The van der Waals surface area contributed by atoms with Crippen molar-refractivity contribution in [2.75, 3.05) is 25.0 Å². The maximum atomic E-state index is 9.25. The summed E-state index contributed by atoms with van der Waals surface area (Å²) in [7, 11) is 0. The zero-order valence-electron chi connectivity index (χ0n) is 13.2.